The monoisotopic (exact) mass is 233 g/mol. The number of aryl methyl sites for hydroxylation is 2. The Morgan fingerprint density at radius 2 is 1.76 bits per heavy atom. The first kappa shape index (κ1) is 12.4. The first-order valence-electron chi connectivity index (χ1n) is 6.62. The van der Waals surface area contributed by atoms with Gasteiger partial charge in [-0.1, -0.05) is 12.1 Å². The van der Waals surface area contributed by atoms with Crippen LogP contribution in [-0.4, -0.2) is 13.2 Å². The normalized spacial score (nSPS) is 16.4. The zero-order chi connectivity index (χ0) is 12.3. The maximum atomic E-state index is 6.15. The molecule has 1 aromatic rings. The molecule has 1 saturated carbocycles. The predicted octanol–water partition coefficient (Wildman–Crippen LogP) is 3.34. The van der Waals surface area contributed by atoms with Crippen LogP contribution >= 0.6 is 0 Å². The van der Waals surface area contributed by atoms with E-state index < -0.39 is 0 Å². The highest BCUT2D eigenvalue weighted by atomic mass is 16.5. The number of nitrogens with one attached hydrogen (secondary N) is 1. The first-order chi connectivity index (χ1) is 8.20. The first-order valence-corrected chi connectivity index (χ1v) is 6.62. The molecule has 94 valence electrons. The highest BCUT2D eigenvalue weighted by Crippen LogP contribution is 2.30. The van der Waals surface area contributed by atoms with Crippen LogP contribution in [0.4, 0.5) is 0 Å². The number of rotatable bonds is 4. The zero-order valence-corrected chi connectivity index (χ0v) is 11.2. The van der Waals surface area contributed by atoms with Crippen molar-refractivity contribution in [3.63, 3.8) is 0 Å². The summed E-state index contributed by atoms with van der Waals surface area (Å²) in [6, 6.07) is 4.46. The third-order valence-electron chi connectivity index (χ3n) is 3.49. The van der Waals surface area contributed by atoms with E-state index >= 15 is 0 Å². The molecule has 0 bridgehead atoms. The van der Waals surface area contributed by atoms with E-state index in [0.29, 0.717) is 6.10 Å². The fourth-order valence-electron chi connectivity index (χ4n) is 2.70. The Morgan fingerprint density at radius 3 is 2.29 bits per heavy atom. The lowest BCUT2D eigenvalue weighted by molar-refractivity contribution is 0.207. The molecule has 0 atom stereocenters. The summed E-state index contributed by atoms with van der Waals surface area (Å²) < 4.78 is 6.15. The second-order valence-electron chi connectivity index (χ2n) is 5.11. The van der Waals surface area contributed by atoms with E-state index in [4.69, 9.17) is 4.74 Å². The second-order valence-corrected chi connectivity index (χ2v) is 5.11. The van der Waals surface area contributed by atoms with Crippen molar-refractivity contribution in [3.05, 3.63) is 28.8 Å². The summed E-state index contributed by atoms with van der Waals surface area (Å²) in [5.41, 5.74) is 3.87. The van der Waals surface area contributed by atoms with Crippen LogP contribution in [0.2, 0.25) is 0 Å². The maximum absolute atomic E-state index is 6.15. The molecule has 0 saturated heterocycles. The summed E-state index contributed by atoms with van der Waals surface area (Å²) >= 11 is 0. The fraction of sp³-hybridized carbons (Fsp3) is 0.600. The number of hydrogen-bond donors (Lipinski definition) is 1. The molecule has 2 heteroatoms. The van der Waals surface area contributed by atoms with E-state index in [-0.39, 0.29) is 0 Å². The average molecular weight is 233 g/mol. The molecule has 1 fully saturated rings. The third kappa shape index (κ3) is 3.01. The third-order valence-corrected chi connectivity index (χ3v) is 3.49. The molecule has 0 radical (unpaired) electrons. The van der Waals surface area contributed by atoms with Gasteiger partial charge in [0, 0.05) is 6.54 Å². The molecule has 0 unspecified atom stereocenters. The number of ether oxygens (including phenoxy) is 1. The highest BCUT2D eigenvalue weighted by molar-refractivity contribution is 5.43. The lowest BCUT2D eigenvalue weighted by Gasteiger charge is -2.18. The van der Waals surface area contributed by atoms with Crippen molar-refractivity contribution in [2.75, 3.05) is 7.05 Å². The van der Waals surface area contributed by atoms with E-state index in [1.54, 1.807) is 0 Å². The largest absolute Gasteiger partial charge is 0.490 e. The van der Waals surface area contributed by atoms with E-state index in [0.717, 1.165) is 12.3 Å². The lowest BCUT2D eigenvalue weighted by atomic mass is 10.1. The average Bonchev–Trinajstić information content (AvgIpc) is 2.76. The van der Waals surface area contributed by atoms with E-state index in [1.807, 2.05) is 7.05 Å². The summed E-state index contributed by atoms with van der Waals surface area (Å²) in [5, 5.41) is 3.19. The Morgan fingerprint density at radius 1 is 1.18 bits per heavy atom. The summed E-state index contributed by atoms with van der Waals surface area (Å²) in [5.74, 6) is 1.11. The smallest absolute Gasteiger partial charge is 0.125 e. The van der Waals surface area contributed by atoms with Crippen molar-refractivity contribution >= 4 is 0 Å². The highest BCUT2D eigenvalue weighted by Gasteiger charge is 2.18. The van der Waals surface area contributed by atoms with Gasteiger partial charge in [0.15, 0.2) is 0 Å². The van der Waals surface area contributed by atoms with Crippen molar-refractivity contribution in [1.82, 2.24) is 5.32 Å². The molecule has 0 amide bonds. The van der Waals surface area contributed by atoms with Crippen molar-refractivity contribution in [2.24, 2.45) is 0 Å². The fourth-order valence-corrected chi connectivity index (χ4v) is 2.70. The van der Waals surface area contributed by atoms with Crippen LogP contribution in [0, 0.1) is 13.8 Å². The van der Waals surface area contributed by atoms with Gasteiger partial charge in [0.05, 0.1) is 6.10 Å². The van der Waals surface area contributed by atoms with Crippen LogP contribution in [0.5, 0.6) is 5.75 Å². The lowest BCUT2D eigenvalue weighted by Crippen LogP contribution is -2.13. The Kier molecular flexibility index (Phi) is 4.06. The van der Waals surface area contributed by atoms with Crippen LogP contribution in [-0.2, 0) is 6.54 Å². The number of hydrogen-bond acceptors (Lipinski definition) is 2. The van der Waals surface area contributed by atoms with Gasteiger partial charge in [-0.05, 0) is 63.3 Å². The van der Waals surface area contributed by atoms with Gasteiger partial charge >= 0.3 is 0 Å². The van der Waals surface area contributed by atoms with Gasteiger partial charge in [-0.3, -0.25) is 0 Å². The molecule has 2 rings (SSSR count). The van der Waals surface area contributed by atoms with Crippen LogP contribution in [0.1, 0.15) is 42.4 Å². The Labute approximate surface area is 104 Å². The zero-order valence-electron chi connectivity index (χ0n) is 11.2. The van der Waals surface area contributed by atoms with Crippen molar-refractivity contribution in [3.8, 4) is 5.75 Å². The summed E-state index contributed by atoms with van der Waals surface area (Å²) in [4.78, 5) is 0. The maximum Gasteiger partial charge on any atom is 0.125 e. The molecule has 0 heterocycles. The number of benzene rings is 1. The minimum atomic E-state index is 0.447. The predicted molar refractivity (Wildman–Crippen MR) is 71.6 cm³/mol. The molecule has 17 heavy (non-hydrogen) atoms. The Bertz CT molecular complexity index is 358. The van der Waals surface area contributed by atoms with Crippen molar-refractivity contribution < 1.29 is 4.74 Å². The Balaban J connectivity index is 2.15. The molecule has 0 aromatic heterocycles. The van der Waals surface area contributed by atoms with Crippen molar-refractivity contribution in [2.45, 2.75) is 52.2 Å². The molecule has 0 aliphatic heterocycles. The molecule has 2 nitrogen and oxygen atoms in total. The van der Waals surface area contributed by atoms with Crippen molar-refractivity contribution in [1.29, 1.82) is 0 Å². The quantitative estimate of drug-likeness (QED) is 0.861. The van der Waals surface area contributed by atoms with Crippen LogP contribution in [0.25, 0.3) is 0 Å². The van der Waals surface area contributed by atoms with Gasteiger partial charge in [-0.15, -0.1) is 0 Å². The molecule has 1 aliphatic rings. The standard InChI is InChI=1S/C15H23NO/c1-11-8-13(10-16-3)9-12(2)15(11)17-14-6-4-5-7-14/h8-9,14,16H,4-7,10H2,1-3H3. The molecular formula is C15H23NO. The molecular weight excluding hydrogens is 210 g/mol. The van der Waals surface area contributed by atoms with Gasteiger partial charge in [0.25, 0.3) is 0 Å². The van der Waals surface area contributed by atoms with Gasteiger partial charge < -0.3 is 10.1 Å². The SMILES string of the molecule is CNCc1cc(C)c(OC2CCCC2)c(C)c1. The van der Waals surface area contributed by atoms with E-state index in [9.17, 15) is 0 Å². The van der Waals surface area contributed by atoms with Gasteiger partial charge in [0.2, 0.25) is 0 Å². The second kappa shape index (κ2) is 5.54. The van der Waals surface area contributed by atoms with Gasteiger partial charge in [0.1, 0.15) is 5.75 Å². The van der Waals surface area contributed by atoms with Crippen LogP contribution < -0.4 is 10.1 Å². The van der Waals surface area contributed by atoms with E-state index in [2.05, 4.69) is 31.3 Å². The minimum Gasteiger partial charge on any atom is -0.490 e. The topological polar surface area (TPSA) is 21.3 Å². The molecule has 1 N–H and O–H groups in total. The van der Waals surface area contributed by atoms with Gasteiger partial charge in [-0.25, -0.2) is 0 Å². The molecule has 0 spiro atoms. The van der Waals surface area contributed by atoms with E-state index in [1.165, 1.54) is 42.4 Å². The van der Waals surface area contributed by atoms with Gasteiger partial charge in [-0.2, -0.15) is 0 Å². The van der Waals surface area contributed by atoms with Crippen LogP contribution in [0.3, 0.4) is 0 Å². The van der Waals surface area contributed by atoms with Crippen LogP contribution in [0.15, 0.2) is 12.1 Å². The summed E-state index contributed by atoms with van der Waals surface area (Å²) in [7, 11) is 1.98. The summed E-state index contributed by atoms with van der Waals surface area (Å²) in [6.07, 6.45) is 5.53. The molecule has 1 aliphatic carbocycles. The Hall–Kier alpha value is -1.02. The minimum absolute atomic E-state index is 0.447. The summed E-state index contributed by atoms with van der Waals surface area (Å²) in [6.45, 7) is 5.22. The molecule has 1 aromatic carbocycles.